The van der Waals surface area contributed by atoms with E-state index in [-0.39, 0.29) is 30.2 Å². The van der Waals surface area contributed by atoms with Crippen LogP contribution in [0.25, 0.3) is 0 Å². The Hall–Kier alpha value is -3.17. The van der Waals surface area contributed by atoms with Gasteiger partial charge in [-0.2, -0.15) is 0 Å². The van der Waals surface area contributed by atoms with Gasteiger partial charge in [-0.1, -0.05) is 96.0 Å². The lowest BCUT2D eigenvalue weighted by Crippen LogP contribution is -2.54. The van der Waals surface area contributed by atoms with Crippen molar-refractivity contribution in [3.8, 4) is 0 Å². The van der Waals surface area contributed by atoms with Crippen LogP contribution in [0.4, 0.5) is 4.79 Å². The van der Waals surface area contributed by atoms with Gasteiger partial charge in [-0.05, 0) is 44.7 Å². The molecule has 2 atom stereocenters. The Morgan fingerprint density at radius 1 is 0.915 bits per heavy atom. The van der Waals surface area contributed by atoms with Gasteiger partial charge >= 0.3 is 6.03 Å². The van der Waals surface area contributed by atoms with Gasteiger partial charge in [0.1, 0.15) is 6.10 Å². The first-order valence-corrected chi connectivity index (χ1v) is 17.9. The third kappa shape index (κ3) is 10.9. The molecule has 9 heteroatoms. The van der Waals surface area contributed by atoms with Crippen molar-refractivity contribution in [3.05, 3.63) is 59.4 Å². The number of hydrogen-bond donors (Lipinski definition) is 2. The smallest absolute Gasteiger partial charge is 0.317 e. The van der Waals surface area contributed by atoms with E-state index in [1.807, 2.05) is 43.6 Å². The summed E-state index contributed by atoms with van der Waals surface area (Å²) in [4.78, 5) is 47.0. The molecular formula is C38H58N4O5. The molecule has 2 aliphatic rings. The maximum atomic E-state index is 13.6. The van der Waals surface area contributed by atoms with E-state index in [2.05, 4.69) is 41.5 Å². The van der Waals surface area contributed by atoms with Crippen LogP contribution in [0, 0.1) is 5.41 Å². The number of nitrogens with zero attached hydrogens (tertiary/aromatic N) is 2. The zero-order valence-corrected chi connectivity index (χ0v) is 29.4. The second kappa shape index (κ2) is 17.3. The number of ketones is 1. The number of H-pyrrole nitrogens is 1. The predicted octanol–water partition coefficient (Wildman–Crippen LogP) is 6.91. The fourth-order valence-corrected chi connectivity index (χ4v) is 6.59. The van der Waals surface area contributed by atoms with E-state index in [4.69, 9.17) is 9.47 Å². The average molecular weight is 651 g/mol. The Labute approximate surface area is 282 Å². The first-order valence-electron chi connectivity index (χ1n) is 17.9. The molecule has 0 saturated carbocycles. The van der Waals surface area contributed by atoms with E-state index in [1.54, 1.807) is 12.3 Å². The summed E-state index contributed by atoms with van der Waals surface area (Å²) in [6.07, 6.45) is 12.3. The molecule has 2 saturated heterocycles. The lowest BCUT2D eigenvalue weighted by molar-refractivity contribution is -0.298. The van der Waals surface area contributed by atoms with Crippen LogP contribution in [0.1, 0.15) is 114 Å². The Bertz CT molecular complexity index is 1280. The molecule has 2 aromatic rings. The maximum Gasteiger partial charge on any atom is 0.317 e. The fraction of sp³-hybridized carbons (Fsp3) is 0.658. The quantitative estimate of drug-likeness (QED) is 0.152. The number of benzene rings is 1. The van der Waals surface area contributed by atoms with Crippen LogP contribution in [0.3, 0.4) is 0 Å². The van der Waals surface area contributed by atoms with E-state index < -0.39 is 17.3 Å². The van der Waals surface area contributed by atoms with Crippen molar-refractivity contribution in [2.24, 2.45) is 5.41 Å². The van der Waals surface area contributed by atoms with Crippen LogP contribution in [0.15, 0.2) is 42.6 Å². The first-order chi connectivity index (χ1) is 22.5. The Kier molecular flexibility index (Phi) is 13.5. The van der Waals surface area contributed by atoms with Crippen molar-refractivity contribution in [2.45, 2.75) is 123 Å². The minimum absolute atomic E-state index is 0.0303. The molecule has 9 nitrogen and oxygen atoms in total. The number of nitrogens with one attached hydrogen (secondary N) is 2. The molecule has 4 rings (SSSR count). The largest absolute Gasteiger partial charge is 0.364 e. The summed E-state index contributed by atoms with van der Waals surface area (Å²) in [5, 5.41) is 3.32. The molecule has 0 aliphatic carbocycles. The number of urea groups is 1. The number of amides is 3. The summed E-state index contributed by atoms with van der Waals surface area (Å²) in [5.41, 5.74) is 2.07. The molecule has 2 fully saturated rings. The lowest BCUT2D eigenvalue weighted by atomic mass is 9.81. The van der Waals surface area contributed by atoms with Gasteiger partial charge in [-0.3, -0.25) is 9.59 Å². The van der Waals surface area contributed by atoms with Crippen LogP contribution in [0.5, 0.6) is 0 Å². The predicted molar refractivity (Wildman–Crippen MR) is 185 cm³/mol. The lowest BCUT2D eigenvalue weighted by Gasteiger charge is -2.45. The first kappa shape index (κ1) is 36.7. The monoisotopic (exact) mass is 650 g/mol. The molecule has 1 aromatic heterocycles. The molecule has 3 heterocycles. The third-order valence-electron chi connectivity index (χ3n) is 9.56. The number of rotatable bonds is 16. The number of aromatic amines is 1. The minimum atomic E-state index is -0.836. The highest BCUT2D eigenvalue weighted by Crippen LogP contribution is 2.37. The molecule has 0 spiro atoms. The van der Waals surface area contributed by atoms with Crippen molar-refractivity contribution in [1.82, 2.24) is 20.1 Å². The van der Waals surface area contributed by atoms with E-state index >= 15 is 0 Å². The van der Waals surface area contributed by atoms with Crippen LogP contribution in [0.2, 0.25) is 0 Å². The molecule has 2 N–H and O–H groups in total. The normalized spacial score (nSPS) is 19.7. The maximum absolute atomic E-state index is 13.6. The Balaban J connectivity index is 1.24. The molecule has 3 amide bonds. The highest BCUT2D eigenvalue weighted by molar-refractivity contribution is 6.01. The van der Waals surface area contributed by atoms with Gasteiger partial charge in [0.15, 0.2) is 11.6 Å². The zero-order chi connectivity index (χ0) is 33.9. The number of piperazine rings is 1. The van der Waals surface area contributed by atoms with Gasteiger partial charge in [0, 0.05) is 61.5 Å². The van der Waals surface area contributed by atoms with Crippen LogP contribution >= 0.6 is 0 Å². The molecule has 2 aliphatic heterocycles. The molecule has 47 heavy (non-hydrogen) atoms. The summed E-state index contributed by atoms with van der Waals surface area (Å²) >= 11 is 0. The van der Waals surface area contributed by atoms with Gasteiger partial charge in [-0.25, -0.2) is 4.79 Å². The summed E-state index contributed by atoms with van der Waals surface area (Å²) in [6.45, 7) is 12.3. The van der Waals surface area contributed by atoms with Gasteiger partial charge in [0.05, 0.1) is 6.61 Å². The molecule has 1 aromatic carbocycles. The second-order valence-corrected chi connectivity index (χ2v) is 14.5. The second-order valence-electron chi connectivity index (χ2n) is 14.5. The number of ether oxygens (including phenoxy) is 2. The van der Waals surface area contributed by atoms with E-state index in [1.165, 1.54) is 44.1 Å². The van der Waals surface area contributed by atoms with Crippen molar-refractivity contribution in [1.29, 1.82) is 0 Å². The molecule has 0 bridgehead atoms. The number of carbonyl (C=O) groups is 3. The summed E-state index contributed by atoms with van der Waals surface area (Å²) in [6, 6.07) is 12.2. The summed E-state index contributed by atoms with van der Waals surface area (Å²) in [5.74, 6) is -0.896. The van der Waals surface area contributed by atoms with Crippen LogP contribution in [-0.2, 0) is 27.1 Å². The Morgan fingerprint density at radius 2 is 1.57 bits per heavy atom. The molecule has 0 radical (unpaired) electrons. The minimum Gasteiger partial charge on any atom is -0.364 e. The van der Waals surface area contributed by atoms with Gasteiger partial charge in [0.2, 0.25) is 5.91 Å². The standard InChI is InChI=1S/C38H58N4O5/c1-6-7-8-9-10-11-15-18-30(27-29-16-13-12-14-17-29)40-36(45)42-25-23-41(24-26-42)33(43)20-19-32-31(21-22-39-32)34(44)35-37(2,3)28-46-38(4,5)47-35/h12-14,16-17,21-22,30,35,39H,6-11,15,18-20,23-28H2,1-5H3,(H,40,45). The number of hydrogen-bond acceptors (Lipinski definition) is 5. The van der Waals surface area contributed by atoms with E-state index in [0.29, 0.717) is 44.8 Å². The van der Waals surface area contributed by atoms with Gasteiger partial charge in [-0.15, -0.1) is 0 Å². The summed E-state index contributed by atoms with van der Waals surface area (Å²) < 4.78 is 11.9. The van der Waals surface area contributed by atoms with Crippen molar-refractivity contribution in [2.75, 3.05) is 32.8 Å². The zero-order valence-electron chi connectivity index (χ0n) is 29.4. The Morgan fingerprint density at radius 3 is 2.28 bits per heavy atom. The highest BCUT2D eigenvalue weighted by Gasteiger charge is 2.46. The highest BCUT2D eigenvalue weighted by atomic mass is 16.7. The van der Waals surface area contributed by atoms with Gasteiger partial charge < -0.3 is 29.6 Å². The SMILES string of the molecule is CCCCCCCCCC(Cc1ccccc1)NC(=O)N1CCN(C(=O)CCc2[nH]ccc2C(=O)C2OC(C)(C)OCC2(C)C)CC1. The van der Waals surface area contributed by atoms with Crippen LogP contribution < -0.4 is 5.32 Å². The number of Topliss-reactive ketones (excluding diaryl/α,β-unsaturated/α-hetero) is 1. The number of carbonyl (C=O) groups excluding carboxylic acids is 3. The van der Waals surface area contributed by atoms with Crippen molar-refractivity contribution < 1.29 is 23.9 Å². The topological polar surface area (TPSA) is 104 Å². The van der Waals surface area contributed by atoms with E-state index in [9.17, 15) is 14.4 Å². The summed E-state index contributed by atoms with van der Waals surface area (Å²) in [7, 11) is 0. The number of unbranched alkanes of at least 4 members (excludes halogenated alkanes) is 6. The number of aryl methyl sites for hydroxylation is 1. The van der Waals surface area contributed by atoms with Crippen LogP contribution in [-0.4, -0.2) is 83.2 Å². The third-order valence-corrected chi connectivity index (χ3v) is 9.56. The molecular weight excluding hydrogens is 592 g/mol. The van der Waals surface area contributed by atoms with Crippen molar-refractivity contribution in [3.63, 3.8) is 0 Å². The van der Waals surface area contributed by atoms with E-state index in [0.717, 1.165) is 25.0 Å². The molecule has 2 unspecified atom stereocenters. The van der Waals surface area contributed by atoms with Crippen molar-refractivity contribution >= 4 is 17.7 Å². The molecule has 260 valence electrons. The van der Waals surface area contributed by atoms with Gasteiger partial charge in [0.25, 0.3) is 0 Å². The number of aromatic nitrogens is 1. The fourth-order valence-electron chi connectivity index (χ4n) is 6.59. The average Bonchev–Trinajstić information content (AvgIpc) is 3.53.